The van der Waals surface area contributed by atoms with Gasteiger partial charge in [0.2, 0.25) is 0 Å². The second-order valence-electron chi connectivity index (χ2n) is 4.19. The van der Waals surface area contributed by atoms with Crippen LogP contribution < -0.4 is 5.32 Å². The van der Waals surface area contributed by atoms with E-state index in [1.807, 2.05) is 13.8 Å². The van der Waals surface area contributed by atoms with E-state index in [4.69, 9.17) is 5.11 Å². The lowest BCUT2D eigenvalue weighted by Crippen LogP contribution is -2.42. The van der Waals surface area contributed by atoms with Crippen LogP contribution in [0.25, 0.3) is 0 Å². The minimum atomic E-state index is -0.182. The van der Waals surface area contributed by atoms with Gasteiger partial charge < -0.3 is 15.3 Å². The van der Waals surface area contributed by atoms with Crippen LogP contribution in [0.5, 0.6) is 0 Å². The van der Waals surface area contributed by atoms with E-state index in [1.165, 1.54) is 9.78 Å². The van der Waals surface area contributed by atoms with Crippen LogP contribution in [0.15, 0.2) is 12.7 Å². The van der Waals surface area contributed by atoms with Crippen LogP contribution >= 0.6 is 11.3 Å². The minimum Gasteiger partial charge on any atom is -0.395 e. The Kier molecular flexibility index (Phi) is 6.52. The summed E-state index contributed by atoms with van der Waals surface area (Å²) in [6, 6.07) is -0.182. The molecule has 5 nitrogen and oxygen atoms in total. The molecule has 0 atom stereocenters. The number of nitrogens with one attached hydrogen (secondary N) is 1. The molecule has 106 valence electrons. The molecule has 1 aromatic rings. The normalized spacial score (nSPS) is 10.3. The van der Waals surface area contributed by atoms with Gasteiger partial charge in [-0.25, -0.2) is 9.78 Å². The number of amides is 2. The summed E-state index contributed by atoms with van der Waals surface area (Å²) in [6.45, 7) is 8.87. The number of aliphatic hydroxyl groups is 1. The number of aromatic nitrogens is 1. The molecular formula is C13H21N3O2S. The van der Waals surface area contributed by atoms with Crippen molar-refractivity contribution >= 4 is 17.4 Å². The maximum Gasteiger partial charge on any atom is 0.317 e. The monoisotopic (exact) mass is 283 g/mol. The maximum atomic E-state index is 11.8. The molecule has 19 heavy (non-hydrogen) atoms. The zero-order valence-corrected chi connectivity index (χ0v) is 12.3. The predicted molar refractivity (Wildman–Crippen MR) is 77.5 cm³/mol. The third-order valence-corrected chi connectivity index (χ3v) is 3.83. The number of carbonyl (C=O) groups excluding carboxylic acids is 1. The molecule has 0 aliphatic heterocycles. The van der Waals surface area contributed by atoms with Gasteiger partial charge in [0.05, 0.1) is 17.3 Å². The van der Waals surface area contributed by atoms with Crippen LogP contribution in [-0.2, 0) is 6.42 Å². The molecule has 1 rings (SSSR count). The van der Waals surface area contributed by atoms with E-state index >= 15 is 0 Å². The van der Waals surface area contributed by atoms with Crippen LogP contribution in [0.1, 0.15) is 15.6 Å². The number of carbonyl (C=O) groups is 1. The molecule has 0 aliphatic carbocycles. The summed E-state index contributed by atoms with van der Waals surface area (Å²) in [5, 5.41) is 12.7. The van der Waals surface area contributed by atoms with E-state index in [9.17, 15) is 4.79 Å². The number of aliphatic hydroxyl groups excluding tert-OH is 1. The molecule has 0 saturated carbocycles. The highest BCUT2D eigenvalue weighted by Crippen LogP contribution is 2.16. The topological polar surface area (TPSA) is 65.5 Å². The molecule has 0 unspecified atom stereocenters. The van der Waals surface area contributed by atoms with E-state index in [1.54, 1.807) is 17.4 Å². The third kappa shape index (κ3) is 5.00. The van der Waals surface area contributed by atoms with E-state index in [2.05, 4.69) is 16.9 Å². The zero-order valence-electron chi connectivity index (χ0n) is 11.5. The Bertz CT molecular complexity index is 412. The molecule has 6 heteroatoms. The zero-order chi connectivity index (χ0) is 14.3. The highest BCUT2D eigenvalue weighted by molar-refractivity contribution is 7.11. The van der Waals surface area contributed by atoms with Gasteiger partial charge >= 0.3 is 6.03 Å². The van der Waals surface area contributed by atoms with Gasteiger partial charge in [-0.05, 0) is 13.8 Å². The Balaban J connectivity index is 2.38. The molecule has 2 amide bonds. The van der Waals surface area contributed by atoms with Crippen molar-refractivity contribution < 1.29 is 9.90 Å². The summed E-state index contributed by atoms with van der Waals surface area (Å²) >= 11 is 1.66. The summed E-state index contributed by atoms with van der Waals surface area (Å²) in [6.07, 6.45) is 2.37. The van der Waals surface area contributed by atoms with Crippen LogP contribution in [0.2, 0.25) is 0 Å². The average Bonchev–Trinajstić information content (AvgIpc) is 2.68. The van der Waals surface area contributed by atoms with Gasteiger partial charge in [-0.15, -0.1) is 17.9 Å². The molecule has 0 radical (unpaired) electrons. The predicted octanol–water partition coefficient (Wildman–Crippen LogP) is 1.49. The lowest BCUT2D eigenvalue weighted by atomic mass is 10.4. The van der Waals surface area contributed by atoms with Gasteiger partial charge in [-0.3, -0.25) is 0 Å². The van der Waals surface area contributed by atoms with Gasteiger partial charge in [0.1, 0.15) is 0 Å². The maximum absolute atomic E-state index is 11.8. The number of hydrogen-bond donors (Lipinski definition) is 2. The van der Waals surface area contributed by atoms with Crippen molar-refractivity contribution in [3.8, 4) is 0 Å². The van der Waals surface area contributed by atoms with E-state index < -0.39 is 0 Å². The Morgan fingerprint density at radius 3 is 2.84 bits per heavy atom. The number of urea groups is 1. The summed E-state index contributed by atoms with van der Waals surface area (Å²) in [5.41, 5.74) is 1.06. The second kappa shape index (κ2) is 7.91. The first kappa shape index (κ1) is 15.7. The minimum absolute atomic E-state index is 0.0495. The molecule has 0 saturated heterocycles. The number of hydrogen-bond acceptors (Lipinski definition) is 4. The summed E-state index contributed by atoms with van der Waals surface area (Å²) in [7, 11) is 0. The SMILES string of the molecule is C=CCN(CCO)C(=O)NCCc1nc(C)c(C)s1. The first-order chi connectivity index (χ1) is 9.08. The van der Waals surface area contributed by atoms with Crippen LogP contribution in [-0.4, -0.2) is 47.3 Å². The lowest BCUT2D eigenvalue weighted by molar-refractivity contribution is 0.184. The molecule has 1 heterocycles. The van der Waals surface area contributed by atoms with E-state index in [-0.39, 0.29) is 12.6 Å². The molecule has 1 aromatic heterocycles. The number of thiazole rings is 1. The average molecular weight is 283 g/mol. The molecule has 0 bridgehead atoms. The van der Waals surface area contributed by atoms with Crippen molar-refractivity contribution in [3.63, 3.8) is 0 Å². The third-order valence-electron chi connectivity index (χ3n) is 2.69. The molecule has 0 aromatic carbocycles. The Labute approximate surface area is 118 Å². The number of aryl methyl sites for hydroxylation is 2. The Morgan fingerprint density at radius 1 is 1.58 bits per heavy atom. The summed E-state index contributed by atoms with van der Waals surface area (Å²) in [5.74, 6) is 0. The van der Waals surface area contributed by atoms with Gasteiger partial charge in [0.15, 0.2) is 0 Å². The number of nitrogens with zero attached hydrogens (tertiary/aromatic N) is 2. The van der Waals surface area contributed by atoms with Crippen molar-refractivity contribution in [3.05, 3.63) is 28.2 Å². The highest BCUT2D eigenvalue weighted by Gasteiger charge is 2.11. The van der Waals surface area contributed by atoms with Crippen molar-refractivity contribution in [2.75, 3.05) is 26.2 Å². The molecular weight excluding hydrogens is 262 g/mol. The fourth-order valence-corrected chi connectivity index (χ4v) is 2.52. The Morgan fingerprint density at radius 2 is 2.32 bits per heavy atom. The van der Waals surface area contributed by atoms with Gasteiger partial charge in [-0.2, -0.15) is 0 Å². The fourth-order valence-electron chi connectivity index (χ4n) is 1.59. The van der Waals surface area contributed by atoms with Gasteiger partial charge in [-0.1, -0.05) is 6.08 Å². The summed E-state index contributed by atoms with van der Waals surface area (Å²) in [4.78, 5) is 19.0. The van der Waals surface area contributed by atoms with Crippen LogP contribution in [0.4, 0.5) is 4.79 Å². The van der Waals surface area contributed by atoms with Gasteiger partial charge in [0.25, 0.3) is 0 Å². The molecule has 0 aliphatic rings. The van der Waals surface area contributed by atoms with Crippen LogP contribution in [0.3, 0.4) is 0 Å². The highest BCUT2D eigenvalue weighted by atomic mass is 32.1. The lowest BCUT2D eigenvalue weighted by Gasteiger charge is -2.20. The molecule has 0 spiro atoms. The number of rotatable bonds is 7. The first-order valence-corrected chi connectivity index (χ1v) is 7.07. The van der Waals surface area contributed by atoms with Gasteiger partial charge in [0, 0.05) is 30.9 Å². The van der Waals surface area contributed by atoms with Crippen molar-refractivity contribution in [2.45, 2.75) is 20.3 Å². The van der Waals surface area contributed by atoms with Crippen molar-refractivity contribution in [1.82, 2.24) is 15.2 Å². The smallest absolute Gasteiger partial charge is 0.317 e. The largest absolute Gasteiger partial charge is 0.395 e. The molecule has 2 N–H and O–H groups in total. The quantitative estimate of drug-likeness (QED) is 0.745. The van der Waals surface area contributed by atoms with E-state index in [0.717, 1.165) is 17.1 Å². The van der Waals surface area contributed by atoms with E-state index in [0.29, 0.717) is 19.6 Å². The van der Waals surface area contributed by atoms with Crippen molar-refractivity contribution in [2.24, 2.45) is 0 Å². The fraction of sp³-hybridized carbons (Fsp3) is 0.538. The molecule has 0 fully saturated rings. The summed E-state index contributed by atoms with van der Waals surface area (Å²) < 4.78 is 0. The van der Waals surface area contributed by atoms with Crippen LogP contribution in [0, 0.1) is 13.8 Å². The Hall–Kier alpha value is -1.40. The first-order valence-electron chi connectivity index (χ1n) is 6.26. The standard InChI is InChI=1S/C13H21N3O2S/c1-4-7-16(8-9-17)13(18)14-6-5-12-15-10(2)11(3)19-12/h4,17H,1,5-9H2,2-3H3,(H,14,18). The second-order valence-corrected chi connectivity index (χ2v) is 5.48. The van der Waals surface area contributed by atoms with Crippen molar-refractivity contribution in [1.29, 1.82) is 0 Å².